The number of hydrogen-bond donors (Lipinski definition) is 3. The summed E-state index contributed by atoms with van der Waals surface area (Å²) >= 11 is 0. The minimum Gasteiger partial charge on any atom is -0.383 e. The summed E-state index contributed by atoms with van der Waals surface area (Å²) in [6.45, 7) is 2.67. The minimum absolute atomic E-state index is 0. The third-order valence-corrected chi connectivity index (χ3v) is 5.41. The second-order valence-electron chi connectivity index (χ2n) is 7.59. The molecule has 4 rings (SSSR count). The van der Waals surface area contributed by atoms with Crippen molar-refractivity contribution in [3.8, 4) is 0 Å². The smallest absolute Gasteiger partial charge is 0.253 e. The van der Waals surface area contributed by atoms with Crippen LogP contribution in [-0.2, 0) is 6.54 Å². The van der Waals surface area contributed by atoms with Crippen LogP contribution in [0.2, 0.25) is 0 Å². The summed E-state index contributed by atoms with van der Waals surface area (Å²) in [5.74, 6) is 1.22. The first-order chi connectivity index (χ1) is 14.1. The lowest BCUT2D eigenvalue weighted by atomic mass is 10.1. The number of amides is 1. The summed E-state index contributed by atoms with van der Waals surface area (Å²) in [5, 5.41) is 8.42. The van der Waals surface area contributed by atoms with Crippen LogP contribution in [0.25, 0.3) is 10.8 Å². The predicted molar refractivity (Wildman–Crippen MR) is 122 cm³/mol. The van der Waals surface area contributed by atoms with Crippen molar-refractivity contribution < 1.29 is 4.79 Å². The molecule has 0 radical (unpaired) electrons. The van der Waals surface area contributed by atoms with Crippen LogP contribution in [0.5, 0.6) is 0 Å². The second-order valence-corrected chi connectivity index (χ2v) is 7.59. The van der Waals surface area contributed by atoms with Gasteiger partial charge in [-0.3, -0.25) is 4.79 Å². The lowest BCUT2D eigenvalue weighted by Gasteiger charge is -2.29. The van der Waals surface area contributed by atoms with Gasteiger partial charge in [0, 0.05) is 30.4 Å². The number of likely N-dealkylation sites (tertiary alicyclic amines) is 1. The standard InChI is InChI=1S/C22H26N6O.CH4/c1-28-10-7-18(8-11-28)27-22(29)17-3-5-20(26-14-17)25-13-15-2-4-19-16(12-15)6-9-24-21(19)23;/h2-6,9,12,14,18H,7-8,10-11,13H2,1H3,(H2,23,24)(H,25,26)(H,27,29);1H4. The number of anilines is 2. The fraction of sp³-hybridized carbons (Fsp3) is 0.348. The van der Waals surface area contributed by atoms with Crippen LogP contribution in [-0.4, -0.2) is 47.0 Å². The minimum atomic E-state index is -0.0562. The van der Waals surface area contributed by atoms with E-state index in [0.717, 1.165) is 48.1 Å². The highest BCUT2D eigenvalue weighted by Gasteiger charge is 2.19. The quantitative estimate of drug-likeness (QED) is 0.602. The molecule has 2 aromatic heterocycles. The number of nitrogens with one attached hydrogen (secondary N) is 2. The molecular formula is C23H30N6O. The number of benzene rings is 1. The van der Waals surface area contributed by atoms with Crippen molar-refractivity contribution in [3.63, 3.8) is 0 Å². The molecule has 30 heavy (non-hydrogen) atoms. The molecular weight excluding hydrogens is 376 g/mol. The molecule has 0 unspecified atom stereocenters. The van der Waals surface area contributed by atoms with Gasteiger partial charge in [0.1, 0.15) is 11.6 Å². The summed E-state index contributed by atoms with van der Waals surface area (Å²) in [7, 11) is 2.11. The van der Waals surface area contributed by atoms with Crippen molar-refractivity contribution in [1.82, 2.24) is 20.2 Å². The maximum absolute atomic E-state index is 12.4. The highest BCUT2D eigenvalue weighted by molar-refractivity contribution is 5.94. The van der Waals surface area contributed by atoms with Crippen molar-refractivity contribution in [3.05, 3.63) is 59.9 Å². The van der Waals surface area contributed by atoms with E-state index in [1.54, 1.807) is 12.4 Å². The Balaban J connectivity index is 0.00000256. The lowest BCUT2D eigenvalue weighted by molar-refractivity contribution is 0.0916. The van der Waals surface area contributed by atoms with Crippen molar-refractivity contribution in [1.29, 1.82) is 0 Å². The van der Waals surface area contributed by atoms with Crippen LogP contribution in [0.1, 0.15) is 36.2 Å². The monoisotopic (exact) mass is 406 g/mol. The molecule has 0 spiro atoms. The third kappa shape index (κ3) is 5.04. The molecule has 7 heteroatoms. The first-order valence-corrected chi connectivity index (χ1v) is 9.91. The number of rotatable bonds is 5. The second kappa shape index (κ2) is 9.54. The largest absolute Gasteiger partial charge is 0.383 e. The van der Waals surface area contributed by atoms with Crippen LogP contribution in [0.3, 0.4) is 0 Å². The molecule has 158 valence electrons. The molecule has 1 fully saturated rings. The molecule has 1 aliphatic rings. The zero-order valence-corrected chi connectivity index (χ0v) is 16.6. The fourth-order valence-electron chi connectivity index (χ4n) is 3.61. The van der Waals surface area contributed by atoms with Crippen LogP contribution in [0.4, 0.5) is 11.6 Å². The van der Waals surface area contributed by atoms with Crippen LogP contribution >= 0.6 is 0 Å². The summed E-state index contributed by atoms with van der Waals surface area (Å²) in [6.07, 6.45) is 5.32. The summed E-state index contributed by atoms with van der Waals surface area (Å²) < 4.78 is 0. The topological polar surface area (TPSA) is 96.2 Å². The average molecular weight is 407 g/mol. The average Bonchev–Trinajstić information content (AvgIpc) is 2.74. The van der Waals surface area contributed by atoms with Gasteiger partial charge in [-0.05, 0) is 68.2 Å². The maximum Gasteiger partial charge on any atom is 0.253 e. The lowest BCUT2D eigenvalue weighted by Crippen LogP contribution is -2.43. The third-order valence-electron chi connectivity index (χ3n) is 5.41. The Morgan fingerprint density at radius 1 is 1.17 bits per heavy atom. The highest BCUT2D eigenvalue weighted by Crippen LogP contribution is 2.20. The van der Waals surface area contributed by atoms with E-state index in [1.807, 2.05) is 30.3 Å². The van der Waals surface area contributed by atoms with Gasteiger partial charge in [-0.1, -0.05) is 19.6 Å². The van der Waals surface area contributed by atoms with Gasteiger partial charge in [0.05, 0.1) is 5.56 Å². The zero-order chi connectivity index (χ0) is 20.2. The molecule has 0 saturated carbocycles. The number of carbonyl (C=O) groups is 1. The Kier molecular flexibility index (Phi) is 6.84. The van der Waals surface area contributed by atoms with Crippen molar-refractivity contribution in [2.24, 2.45) is 0 Å². The number of hydrogen-bond acceptors (Lipinski definition) is 6. The Hall–Kier alpha value is -3.19. The molecule has 0 atom stereocenters. The Bertz CT molecular complexity index is 996. The SMILES string of the molecule is C.CN1CCC(NC(=O)c2ccc(NCc3ccc4c(N)nccc4c3)nc2)CC1. The van der Waals surface area contributed by atoms with E-state index in [2.05, 4.69) is 38.6 Å². The number of fused-ring (bicyclic) bond motifs is 1. The first kappa shape index (κ1) is 21.5. The van der Waals surface area contributed by atoms with Crippen molar-refractivity contribution >= 4 is 28.3 Å². The molecule has 0 aliphatic carbocycles. The molecule has 3 heterocycles. The molecule has 0 bridgehead atoms. The van der Waals surface area contributed by atoms with Gasteiger partial charge in [0.15, 0.2) is 0 Å². The van der Waals surface area contributed by atoms with Crippen LogP contribution in [0.15, 0.2) is 48.8 Å². The van der Waals surface area contributed by atoms with E-state index in [4.69, 9.17) is 5.73 Å². The molecule has 1 aliphatic heterocycles. The molecule has 1 amide bonds. The number of piperidine rings is 1. The fourth-order valence-corrected chi connectivity index (χ4v) is 3.61. The van der Waals surface area contributed by atoms with Crippen LogP contribution < -0.4 is 16.4 Å². The summed E-state index contributed by atoms with van der Waals surface area (Å²) in [5.41, 5.74) is 7.61. The highest BCUT2D eigenvalue weighted by atomic mass is 16.1. The molecule has 4 N–H and O–H groups in total. The van der Waals surface area contributed by atoms with E-state index in [9.17, 15) is 4.79 Å². The van der Waals surface area contributed by atoms with Crippen molar-refractivity contribution in [2.75, 3.05) is 31.2 Å². The Morgan fingerprint density at radius 2 is 1.97 bits per heavy atom. The first-order valence-electron chi connectivity index (χ1n) is 9.91. The Morgan fingerprint density at radius 3 is 2.70 bits per heavy atom. The van der Waals surface area contributed by atoms with E-state index < -0.39 is 0 Å². The van der Waals surface area contributed by atoms with Crippen LogP contribution in [0, 0.1) is 0 Å². The molecule has 1 aromatic carbocycles. The maximum atomic E-state index is 12.4. The van der Waals surface area contributed by atoms with Crippen molar-refractivity contribution in [2.45, 2.75) is 32.9 Å². The number of pyridine rings is 2. The number of nitrogens with two attached hydrogens (primary N) is 1. The molecule has 3 aromatic rings. The number of aromatic nitrogens is 2. The van der Waals surface area contributed by atoms with Gasteiger partial charge >= 0.3 is 0 Å². The summed E-state index contributed by atoms with van der Waals surface area (Å²) in [4.78, 5) is 23.2. The van der Waals surface area contributed by atoms with Gasteiger partial charge in [-0.15, -0.1) is 0 Å². The molecule has 7 nitrogen and oxygen atoms in total. The zero-order valence-electron chi connectivity index (χ0n) is 16.6. The van der Waals surface area contributed by atoms with Gasteiger partial charge in [0.2, 0.25) is 0 Å². The number of nitrogen functional groups attached to an aromatic ring is 1. The predicted octanol–water partition coefficient (Wildman–Crippen LogP) is 3.28. The Labute approximate surface area is 177 Å². The van der Waals surface area contributed by atoms with Gasteiger partial charge in [0.25, 0.3) is 5.91 Å². The van der Waals surface area contributed by atoms with E-state index in [-0.39, 0.29) is 19.4 Å². The summed E-state index contributed by atoms with van der Waals surface area (Å²) in [6, 6.07) is 11.9. The van der Waals surface area contributed by atoms with Gasteiger partial charge < -0.3 is 21.3 Å². The molecule has 1 saturated heterocycles. The number of carbonyl (C=O) groups excluding carboxylic acids is 1. The van der Waals surface area contributed by atoms with Gasteiger partial charge in [-0.25, -0.2) is 9.97 Å². The van der Waals surface area contributed by atoms with E-state index in [1.165, 1.54) is 0 Å². The van der Waals surface area contributed by atoms with E-state index >= 15 is 0 Å². The van der Waals surface area contributed by atoms with E-state index in [0.29, 0.717) is 17.9 Å². The number of nitrogens with zero attached hydrogens (tertiary/aromatic N) is 3. The van der Waals surface area contributed by atoms with Gasteiger partial charge in [-0.2, -0.15) is 0 Å². The normalized spacial score (nSPS) is 14.8.